The zero-order valence-electron chi connectivity index (χ0n) is 11.0. The number of thiazole rings is 1. The first-order chi connectivity index (χ1) is 9.65. The van der Waals surface area contributed by atoms with Gasteiger partial charge in [-0.25, -0.2) is 9.78 Å². The van der Waals surface area contributed by atoms with Crippen LogP contribution in [0.1, 0.15) is 46.9 Å². The quantitative estimate of drug-likeness (QED) is 0.943. The van der Waals surface area contributed by atoms with Gasteiger partial charge in [-0.3, -0.25) is 10.1 Å². The third-order valence-electron chi connectivity index (χ3n) is 3.56. The van der Waals surface area contributed by atoms with E-state index in [0.29, 0.717) is 22.4 Å². The molecule has 0 unspecified atom stereocenters. The average Bonchev–Trinajstić information content (AvgIpc) is 2.78. The normalized spacial score (nSPS) is 14.8. The van der Waals surface area contributed by atoms with Crippen molar-refractivity contribution >= 4 is 22.4 Å². The van der Waals surface area contributed by atoms with Gasteiger partial charge < -0.3 is 4.42 Å². The fraction of sp³-hybridized carbons (Fsp3) is 0.357. The van der Waals surface area contributed by atoms with Crippen LogP contribution in [0.3, 0.4) is 0 Å². The fourth-order valence-electron chi connectivity index (χ4n) is 2.24. The van der Waals surface area contributed by atoms with E-state index in [1.54, 1.807) is 18.5 Å². The van der Waals surface area contributed by atoms with Crippen LogP contribution in [0.2, 0.25) is 0 Å². The van der Waals surface area contributed by atoms with Gasteiger partial charge in [0.05, 0.1) is 0 Å². The third kappa shape index (κ3) is 2.38. The highest BCUT2D eigenvalue weighted by Gasteiger charge is 2.25. The number of amides is 1. The van der Waals surface area contributed by atoms with Crippen molar-refractivity contribution in [3.8, 4) is 0 Å². The van der Waals surface area contributed by atoms with Crippen LogP contribution < -0.4 is 10.9 Å². The van der Waals surface area contributed by atoms with E-state index in [1.165, 1.54) is 17.8 Å². The van der Waals surface area contributed by atoms with Gasteiger partial charge in [-0.2, -0.15) is 0 Å². The van der Waals surface area contributed by atoms with Crippen LogP contribution >= 0.6 is 11.3 Å². The summed E-state index contributed by atoms with van der Waals surface area (Å²) in [6, 6.07) is 1.81. The molecule has 0 spiro atoms. The maximum Gasteiger partial charge on any atom is 0.349 e. The molecule has 6 heteroatoms. The van der Waals surface area contributed by atoms with Crippen LogP contribution in [-0.4, -0.2) is 10.9 Å². The minimum atomic E-state index is -0.569. The number of nitrogens with one attached hydrogen (secondary N) is 1. The van der Waals surface area contributed by atoms with E-state index in [2.05, 4.69) is 10.3 Å². The molecule has 1 amide bonds. The van der Waals surface area contributed by atoms with Crippen molar-refractivity contribution in [1.82, 2.24) is 4.98 Å². The zero-order valence-corrected chi connectivity index (χ0v) is 11.8. The van der Waals surface area contributed by atoms with E-state index in [9.17, 15) is 9.59 Å². The van der Waals surface area contributed by atoms with Crippen molar-refractivity contribution < 1.29 is 9.21 Å². The number of carbonyl (C=O) groups excluding carboxylic acids is 1. The van der Waals surface area contributed by atoms with Crippen LogP contribution in [0.15, 0.2) is 26.9 Å². The number of hydrogen-bond acceptors (Lipinski definition) is 5. The highest BCUT2D eigenvalue weighted by molar-refractivity contribution is 7.13. The number of nitrogens with zero attached hydrogens (tertiary/aromatic N) is 1. The lowest BCUT2D eigenvalue weighted by molar-refractivity contribution is 0.102. The molecule has 1 aliphatic rings. The molecule has 2 aromatic rings. The highest BCUT2D eigenvalue weighted by atomic mass is 32.1. The summed E-state index contributed by atoms with van der Waals surface area (Å²) < 4.78 is 5.30. The Morgan fingerprint density at radius 3 is 2.85 bits per heavy atom. The van der Waals surface area contributed by atoms with Gasteiger partial charge in [-0.1, -0.05) is 6.42 Å². The molecule has 0 radical (unpaired) electrons. The maximum absolute atomic E-state index is 12.1. The van der Waals surface area contributed by atoms with E-state index in [-0.39, 0.29) is 5.56 Å². The minimum Gasteiger partial charge on any atom is -0.427 e. The van der Waals surface area contributed by atoms with Gasteiger partial charge in [0.15, 0.2) is 5.13 Å². The number of anilines is 1. The summed E-state index contributed by atoms with van der Waals surface area (Å²) in [6.45, 7) is 1.76. The third-order valence-corrected chi connectivity index (χ3v) is 4.24. The molecule has 20 heavy (non-hydrogen) atoms. The van der Waals surface area contributed by atoms with Gasteiger partial charge >= 0.3 is 5.63 Å². The lowest BCUT2D eigenvalue weighted by Crippen LogP contribution is -2.24. The minimum absolute atomic E-state index is 0.0586. The second kappa shape index (κ2) is 5.20. The smallest absolute Gasteiger partial charge is 0.349 e. The molecular weight excluding hydrogens is 276 g/mol. The molecule has 0 aromatic carbocycles. The lowest BCUT2D eigenvalue weighted by Gasteiger charge is -2.24. The Labute approximate surface area is 119 Å². The molecule has 0 atom stereocenters. The fourth-order valence-corrected chi connectivity index (χ4v) is 2.77. The first kappa shape index (κ1) is 13.1. The van der Waals surface area contributed by atoms with Gasteiger partial charge in [0.25, 0.3) is 5.91 Å². The number of carbonyl (C=O) groups is 1. The zero-order chi connectivity index (χ0) is 14.1. The summed E-state index contributed by atoms with van der Waals surface area (Å²) in [5.74, 6) is 0.563. The van der Waals surface area contributed by atoms with Gasteiger partial charge in [0, 0.05) is 17.5 Å². The lowest BCUT2D eigenvalue weighted by atomic mass is 9.83. The molecule has 0 bridgehead atoms. The molecule has 2 aromatic heterocycles. The monoisotopic (exact) mass is 290 g/mol. The molecule has 3 rings (SSSR count). The van der Waals surface area contributed by atoms with E-state index in [4.69, 9.17) is 4.42 Å². The molecular formula is C14H14N2O3S. The van der Waals surface area contributed by atoms with Gasteiger partial charge in [0.1, 0.15) is 11.3 Å². The number of rotatable bonds is 3. The SMILES string of the molecule is Cc1cc(C2CCC2)oc(=O)c1C(=O)Nc1nccs1. The molecule has 0 aliphatic heterocycles. The summed E-state index contributed by atoms with van der Waals surface area (Å²) in [5, 5.41) is 4.83. The van der Waals surface area contributed by atoms with Crippen LogP contribution in [-0.2, 0) is 0 Å². The van der Waals surface area contributed by atoms with E-state index in [1.807, 2.05) is 6.07 Å². The van der Waals surface area contributed by atoms with Crippen LogP contribution in [0, 0.1) is 6.92 Å². The summed E-state index contributed by atoms with van der Waals surface area (Å²) >= 11 is 1.30. The average molecular weight is 290 g/mol. The summed E-state index contributed by atoms with van der Waals surface area (Å²) in [5.41, 5.74) is 0.140. The van der Waals surface area contributed by atoms with Crippen LogP contribution in [0.5, 0.6) is 0 Å². The maximum atomic E-state index is 12.1. The van der Waals surface area contributed by atoms with Gasteiger partial charge in [-0.05, 0) is 31.4 Å². The second-order valence-electron chi connectivity index (χ2n) is 4.91. The van der Waals surface area contributed by atoms with Crippen molar-refractivity contribution in [3.63, 3.8) is 0 Å². The molecule has 1 N–H and O–H groups in total. The Morgan fingerprint density at radius 2 is 2.30 bits per heavy atom. The Hall–Kier alpha value is -1.95. The predicted octanol–water partition coefficient (Wildman–Crippen LogP) is 2.92. The Balaban J connectivity index is 1.89. The van der Waals surface area contributed by atoms with E-state index >= 15 is 0 Å². The first-order valence-electron chi connectivity index (χ1n) is 6.50. The van der Waals surface area contributed by atoms with Gasteiger partial charge in [-0.15, -0.1) is 11.3 Å². The van der Waals surface area contributed by atoms with Crippen molar-refractivity contribution in [1.29, 1.82) is 0 Å². The Bertz CT molecular complexity index is 687. The first-order valence-corrected chi connectivity index (χ1v) is 7.38. The molecule has 2 heterocycles. The van der Waals surface area contributed by atoms with Gasteiger partial charge in [0.2, 0.25) is 0 Å². The molecule has 1 saturated carbocycles. The van der Waals surface area contributed by atoms with E-state index < -0.39 is 11.5 Å². The summed E-state index contributed by atoms with van der Waals surface area (Å²) in [4.78, 5) is 28.1. The molecule has 0 saturated heterocycles. The van der Waals surface area contributed by atoms with Crippen molar-refractivity contribution in [2.75, 3.05) is 5.32 Å². The molecule has 5 nitrogen and oxygen atoms in total. The van der Waals surface area contributed by atoms with E-state index in [0.717, 1.165) is 12.8 Å². The Morgan fingerprint density at radius 1 is 1.50 bits per heavy atom. The standard InChI is InChI=1S/C14H14N2O3S/c1-8-7-10(9-3-2-4-9)19-13(18)11(8)12(17)16-14-15-5-6-20-14/h5-7,9H,2-4H2,1H3,(H,15,16,17). The highest BCUT2D eigenvalue weighted by Crippen LogP contribution is 2.36. The Kier molecular flexibility index (Phi) is 3.40. The van der Waals surface area contributed by atoms with Crippen LogP contribution in [0.4, 0.5) is 5.13 Å². The molecule has 1 aliphatic carbocycles. The summed E-state index contributed by atoms with van der Waals surface area (Å²) in [7, 11) is 0. The molecule has 1 fully saturated rings. The number of aryl methyl sites for hydroxylation is 1. The largest absolute Gasteiger partial charge is 0.427 e. The topological polar surface area (TPSA) is 72.2 Å². The number of hydrogen-bond donors (Lipinski definition) is 1. The van der Waals surface area contributed by atoms with Crippen molar-refractivity contribution in [3.05, 3.63) is 45.0 Å². The van der Waals surface area contributed by atoms with Crippen LogP contribution in [0.25, 0.3) is 0 Å². The predicted molar refractivity (Wildman–Crippen MR) is 76.4 cm³/mol. The van der Waals surface area contributed by atoms with Crippen molar-refractivity contribution in [2.24, 2.45) is 0 Å². The molecule has 104 valence electrons. The van der Waals surface area contributed by atoms with Crippen molar-refractivity contribution in [2.45, 2.75) is 32.1 Å². The summed E-state index contributed by atoms with van der Waals surface area (Å²) in [6.07, 6.45) is 4.86. The number of aromatic nitrogens is 1. The second-order valence-corrected chi connectivity index (χ2v) is 5.81.